The van der Waals surface area contributed by atoms with Crippen molar-refractivity contribution in [3.8, 4) is 0 Å². The molecule has 0 saturated heterocycles. The molecule has 27 heavy (non-hydrogen) atoms. The van der Waals surface area contributed by atoms with E-state index in [0.29, 0.717) is 30.8 Å². The fourth-order valence-corrected chi connectivity index (χ4v) is 5.00. The highest BCUT2D eigenvalue weighted by molar-refractivity contribution is 7.92. The van der Waals surface area contributed by atoms with E-state index in [1.165, 1.54) is 9.87 Å². The number of aliphatic hydroxyl groups is 1. The molecule has 2 aromatic carbocycles. The molecule has 1 atom stereocenters. The van der Waals surface area contributed by atoms with Gasteiger partial charge in [0.1, 0.15) is 0 Å². The second-order valence-electron chi connectivity index (χ2n) is 7.43. The number of aliphatic hydroxyl groups excluding tert-OH is 1. The normalized spacial score (nSPS) is 16.7. The molecule has 0 aliphatic carbocycles. The predicted molar refractivity (Wildman–Crippen MR) is 110 cm³/mol. The number of anilines is 2. The van der Waals surface area contributed by atoms with Crippen LogP contribution in [0, 0.1) is 5.92 Å². The molecule has 146 valence electrons. The molecule has 0 amide bonds. The summed E-state index contributed by atoms with van der Waals surface area (Å²) in [7, 11) is -3.73. The van der Waals surface area contributed by atoms with Gasteiger partial charge in [-0.15, -0.1) is 0 Å². The van der Waals surface area contributed by atoms with E-state index in [1.54, 1.807) is 18.2 Å². The van der Waals surface area contributed by atoms with Crippen molar-refractivity contribution in [1.82, 2.24) is 0 Å². The van der Waals surface area contributed by atoms with E-state index in [4.69, 9.17) is 0 Å². The molecule has 5 nitrogen and oxygen atoms in total. The first-order chi connectivity index (χ1) is 12.8. The summed E-state index contributed by atoms with van der Waals surface area (Å²) >= 11 is 0. The Hall–Kier alpha value is -2.05. The van der Waals surface area contributed by atoms with E-state index in [1.807, 2.05) is 38.1 Å². The number of sulfonamides is 1. The van der Waals surface area contributed by atoms with Crippen molar-refractivity contribution in [3.63, 3.8) is 0 Å². The first-order valence-electron chi connectivity index (χ1n) is 9.50. The fourth-order valence-electron chi connectivity index (χ4n) is 3.34. The van der Waals surface area contributed by atoms with Crippen molar-refractivity contribution in [2.75, 3.05) is 22.7 Å². The molecule has 3 rings (SSSR count). The number of nitrogens with one attached hydrogen (secondary N) is 1. The van der Waals surface area contributed by atoms with Gasteiger partial charge in [-0.2, -0.15) is 0 Å². The highest BCUT2D eigenvalue weighted by Gasteiger charge is 2.28. The summed E-state index contributed by atoms with van der Waals surface area (Å²) in [4.78, 5) is 0.212. The van der Waals surface area contributed by atoms with Crippen LogP contribution in [0.4, 0.5) is 11.4 Å². The average Bonchev–Trinajstić information content (AvgIpc) is 2.66. The monoisotopic (exact) mass is 388 g/mol. The zero-order valence-corrected chi connectivity index (χ0v) is 17.0. The Labute approximate surface area is 162 Å². The molecular formula is C21H28N2O3S. The summed E-state index contributed by atoms with van der Waals surface area (Å²) < 4.78 is 28.4. The minimum Gasteiger partial charge on any atom is -0.388 e. The van der Waals surface area contributed by atoms with Crippen LogP contribution in [0.2, 0.25) is 0 Å². The molecule has 0 fully saturated rings. The molecule has 0 radical (unpaired) electrons. The topological polar surface area (TPSA) is 69.6 Å². The lowest BCUT2D eigenvalue weighted by molar-refractivity contribution is 0.168. The number of hydrogen-bond acceptors (Lipinski definition) is 4. The van der Waals surface area contributed by atoms with Gasteiger partial charge in [-0.3, -0.25) is 4.31 Å². The summed E-state index contributed by atoms with van der Waals surface area (Å²) in [5.41, 5.74) is 3.28. The highest BCUT2D eigenvalue weighted by atomic mass is 32.2. The third kappa shape index (κ3) is 4.12. The minimum atomic E-state index is -3.73. The van der Waals surface area contributed by atoms with E-state index in [-0.39, 0.29) is 10.8 Å². The van der Waals surface area contributed by atoms with Gasteiger partial charge in [-0.1, -0.05) is 32.9 Å². The SMILES string of the molecule is CCc1ccc(N(CC(C)C)S(=O)(=O)c2ccc3c(c2)C(O)CCN3)cc1. The second-order valence-corrected chi connectivity index (χ2v) is 9.29. The van der Waals surface area contributed by atoms with Gasteiger partial charge in [-0.05, 0) is 54.7 Å². The quantitative estimate of drug-likeness (QED) is 0.786. The van der Waals surface area contributed by atoms with Crippen LogP contribution in [0.3, 0.4) is 0 Å². The lowest BCUT2D eigenvalue weighted by Crippen LogP contribution is -2.34. The summed E-state index contributed by atoms with van der Waals surface area (Å²) in [5, 5.41) is 13.5. The van der Waals surface area contributed by atoms with Crippen molar-refractivity contribution >= 4 is 21.4 Å². The lowest BCUT2D eigenvalue weighted by Gasteiger charge is -2.28. The maximum absolute atomic E-state index is 13.4. The van der Waals surface area contributed by atoms with Gasteiger partial charge in [0, 0.05) is 24.3 Å². The van der Waals surface area contributed by atoms with Gasteiger partial charge in [0.2, 0.25) is 0 Å². The number of fused-ring (bicyclic) bond motifs is 1. The Balaban J connectivity index is 2.03. The van der Waals surface area contributed by atoms with E-state index in [0.717, 1.165) is 12.1 Å². The maximum atomic E-state index is 13.4. The van der Waals surface area contributed by atoms with Crippen molar-refractivity contribution in [3.05, 3.63) is 53.6 Å². The molecule has 2 aromatic rings. The number of aryl methyl sites for hydroxylation is 1. The van der Waals surface area contributed by atoms with E-state index in [9.17, 15) is 13.5 Å². The Morgan fingerprint density at radius 3 is 2.52 bits per heavy atom. The Morgan fingerprint density at radius 1 is 1.19 bits per heavy atom. The largest absolute Gasteiger partial charge is 0.388 e. The van der Waals surface area contributed by atoms with Crippen LogP contribution in [0.5, 0.6) is 0 Å². The Kier molecular flexibility index (Phi) is 5.77. The number of rotatable bonds is 6. The number of hydrogen-bond donors (Lipinski definition) is 2. The van der Waals surface area contributed by atoms with Crippen LogP contribution in [0.1, 0.15) is 44.4 Å². The van der Waals surface area contributed by atoms with Crippen molar-refractivity contribution in [2.24, 2.45) is 5.92 Å². The molecule has 1 heterocycles. The smallest absolute Gasteiger partial charge is 0.264 e. The van der Waals surface area contributed by atoms with Crippen LogP contribution >= 0.6 is 0 Å². The molecule has 0 bridgehead atoms. The minimum absolute atomic E-state index is 0.176. The van der Waals surface area contributed by atoms with Gasteiger partial charge in [-0.25, -0.2) is 8.42 Å². The van der Waals surface area contributed by atoms with Gasteiger partial charge < -0.3 is 10.4 Å². The fraction of sp³-hybridized carbons (Fsp3) is 0.429. The Morgan fingerprint density at radius 2 is 1.89 bits per heavy atom. The number of nitrogens with zero attached hydrogens (tertiary/aromatic N) is 1. The van der Waals surface area contributed by atoms with Crippen molar-refractivity contribution in [2.45, 2.75) is 44.6 Å². The zero-order valence-electron chi connectivity index (χ0n) is 16.1. The average molecular weight is 389 g/mol. The van der Waals surface area contributed by atoms with Crippen LogP contribution < -0.4 is 9.62 Å². The Bertz CT molecular complexity index is 892. The third-order valence-corrected chi connectivity index (χ3v) is 6.66. The first kappa shape index (κ1) is 19.7. The molecule has 6 heteroatoms. The van der Waals surface area contributed by atoms with Gasteiger partial charge >= 0.3 is 0 Å². The number of benzene rings is 2. The standard InChI is InChI=1S/C21H28N2O3S/c1-4-16-5-7-17(8-6-16)23(14-15(2)3)27(25,26)18-9-10-20-19(13-18)21(24)11-12-22-20/h5-10,13,15,21-22,24H,4,11-12,14H2,1-3H3. The van der Waals surface area contributed by atoms with Crippen molar-refractivity contribution in [1.29, 1.82) is 0 Å². The van der Waals surface area contributed by atoms with E-state index >= 15 is 0 Å². The van der Waals surface area contributed by atoms with Gasteiger partial charge in [0.05, 0.1) is 16.7 Å². The molecule has 1 aliphatic heterocycles. The molecule has 2 N–H and O–H groups in total. The van der Waals surface area contributed by atoms with Gasteiger partial charge in [0.15, 0.2) is 0 Å². The zero-order chi connectivity index (χ0) is 19.6. The first-order valence-corrected chi connectivity index (χ1v) is 10.9. The van der Waals surface area contributed by atoms with Crippen molar-refractivity contribution < 1.29 is 13.5 Å². The molecule has 0 spiro atoms. The maximum Gasteiger partial charge on any atom is 0.264 e. The predicted octanol–water partition coefficient (Wildman–Crippen LogP) is 3.95. The summed E-state index contributed by atoms with van der Waals surface area (Å²) in [6.45, 7) is 7.16. The van der Waals surface area contributed by atoms with Crippen LogP contribution in [0.15, 0.2) is 47.4 Å². The van der Waals surface area contributed by atoms with Crippen LogP contribution in [-0.4, -0.2) is 26.6 Å². The summed E-state index contributed by atoms with van der Waals surface area (Å²) in [6.07, 6.45) is 0.844. The molecule has 1 unspecified atom stereocenters. The van der Waals surface area contributed by atoms with Gasteiger partial charge in [0.25, 0.3) is 10.0 Å². The summed E-state index contributed by atoms with van der Waals surface area (Å²) in [5.74, 6) is 0.176. The molecule has 0 aromatic heterocycles. The molecular weight excluding hydrogens is 360 g/mol. The third-order valence-electron chi connectivity index (χ3n) is 4.87. The van der Waals surface area contributed by atoms with Crippen LogP contribution in [0.25, 0.3) is 0 Å². The highest BCUT2D eigenvalue weighted by Crippen LogP contribution is 2.33. The summed E-state index contributed by atoms with van der Waals surface area (Å²) in [6, 6.07) is 12.7. The molecule has 0 saturated carbocycles. The van der Waals surface area contributed by atoms with Crippen LogP contribution in [-0.2, 0) is 16.4 Å². The van der Waals surface area contributed by atoms with E-state index < -0.39 is 16.1 Å². The lowest BCUT2D eigenvalue weighted by atomic mass is 10.0. The van der Waals surface area contributed by atoms with E-state index in [2.05, 4.69) is 12.2 Å². The molecule has 1 aliphatic rings. The second kappa shape index (κ2) is 7.90.